The van der Waals surface area contributed by atoms with Crippen LogP contribution in [0.1, 0.15) is 94.2 Å². The number of aryl methyl sites for hydroxylation is 2. The largest absolute Gasteiger partial charge is 0.466 e. The van der Waals surface area contributed by atoms with Gasteiger partial charge in [-0.15, -0.1) is 0 Å². The molecule has 2 aromatic heterocycles. The van der Waals surface area contributed by atoms with Gasteiger partial charge in [0, 0.05) is 43.5 Å². The van der Waals surface area contributed by atoms with Crippen LogP contribution >= 0.6 is 0 Å². The molecule has 4 nitrogen and oxygen atoms in total. The van der Waals surface area contributed by atoms with E-state index in [1.165, 1.54) is 22.2 Å². The lowest BCUT2D eigenvalue weighted by Gasteiger charge is -2.40. The molecular weight excluding hydrogens is 695 g/mol. The van der Waals surface area contributed by atoms with Crippen molar-refractivity contribution in [1.29, 1.82) is 0 Å². The zero-order valence-corrected chi connectivity index (χ0v) is 34.7. The normalized spacial score (nSPS) is 14.9. The molecule has 0 unspecified atom stereocenters. The topological polar surface area (TPSA) is 30.5 Å². The van der Waals surface area contributed by atoms with E-state index in [4.69, 9.17) is 13.3 Å². The molecule has 4 heterocycles. The lowest BCUT2D eigenvalue weighted by molar-refractivity contribution is 0.482. The molecular formula is C52H51BN2O2. The molecule has 5 heteroatoms. The average molecular weight is 750 g/mol. The van der Waals surface area contributed by atoms with E-state index in [0.29, 0.717) is 5.56 Å². The second kappa shape index (κ2) is 11.9. The molecule has 0 fully saturated rings. The Balaban J connectivity index is 1.31. The van der Waals surface area contributed by atoms with Crippen LogP contribution in [-0.2, 0) is 16.2 Å². The summed E-state index contributed by atoms with van der Waals surface area (Å²) >= 11 is 0. The molecule has 0 bridgehead atoms. The summed E-state index contributed by atoms with van der Waals surface area (Å²) in [5, 5.41) is 2.88. The van der Waals surface area contributed by atoms with Crippen molar-refractivity contribution in [2.45, 2.75) is 92.3 Å². The molecule has 0 radical (unpaired) electrons. The van der Waals surface area contributed by atoms with Gasteiger partial charge in [-0.2, -0.15) is 0 Å². The van der Waals surface area contributed by atoms with Crippen LogP contribution in [0.15, 0.2) is 114 Å². The molecule has 0 amide bonds. The highest BCUT2D eigenvalue weighted by Crippen LogP contribution is 2.46. The maximum Gasteiger partial charge on any atom is 0.301 e. The molecule has 2 aliphatic rings. The Morgan fingerprint density at radius 1 is 0.561 bits per heavy atom. The van der Waals surface area contributed by atoms with Crippen molar-refractivity contribution in [3.63, 3.8) is 0 Å². The standard InChI is InChI=1S/C52H51BN2O2/c1-30-12-20-41-37(24-30)38-25-31(2)13-21-42(38)55(41)36-28-44-47-46(29-36)56-48-39-26-33(51(6,7)8)17-23-45(39)57-49(48)53(47)40-27-34(52(9,10)11)16-22-43(40)54(44)35-18-14-32(15-19-35)50(3,4)5/h12-29H,1-11H3/i1D3. The zero-order valence-electron chi connectivity index (χ0n) is 37.7. The number of ether oxygens (including phenoxy) is 1. The van der Waals surface area contributed by atoms with E-state index >= 15 is 0 Å². The monoisotopic (exact) mass is 749 g/mol. The number of nitrogens with zero attached hydrogens (tertiary/aromatic N) is 2. The summed E-state index contributed by atoms with van der Waals surface area (Å²) in [5.41, 5.74) is 14.9. The summed E-state index contributed by atoms with van der Waals surface area (Å²) < 4.78 is 41.2. The third-order valence-corrected chi connectivity index (χ3v) is 12.3. The third kappa shape index (κ3) is 5.49. The molecule has 57 heavy (non-hydrogen) atoms. The van der Waals surface area contributed by atoms with Crippen LogP contribution in [0.4, 0.5) is 17.1 Å². The predicted molar refractivity (Wildman–Crippen MR) is 242 cm³/mol. The summed E-state index contributed by atoms with van der Waals surface area (Å²) in [5.74, 6) is 1.53. The average Bonchev–Trinajstić information content (AvgIpc) is 3.70. The number of rotatable bonds is 2. The van der Waals surface area contributed by atoms with Gasteiger partial charge in [-0.05, 0) is 113 Å². The van der Waals surface area contributed by atoms with E-state index in [2.05, 4.69) is 170 Å². The van der Waals surface area contributed by atoms with Gasteiger partial charge in [0.15, 0.2) is 5.75 Å². The van der Waals surface area contributed by atoms with Gasteiger partial charge in [0.05, 0.1) is 22.1 Å². The van der Waals surface area contributed by atoms with Crippen molar-refractivity contribution in [3.05, 3.63) is 137 Å². The van der Waals surface area contributed by atoms with E-state index < -0.39 is 6.85 Å². The van der Waals surface area contributed by atoms with Gasteiger partial charge in [-0.3, -0.25) is 0 Å². The van der Waals surface area contributed by atoms with E-state index in [0.717, 1.165) is 83.7 Å². The van der Waals surface area contributed by atoms with Gasteiger partial charge in [-0.1, -0.05) is 116 Å². The Hall–Kier alpha value is -5.68. The molecule has 0 N–H and O–H groups in total. The van der Waals surface area contributed by atoms with Crippen molar-refractivity contribution in [1.82, 2.24) is 4.57 Å². The maximum atomic E-state index is 8.26. The fourth-order valence-corrected chi connectivity index (χ4v) is 9.07. The third-order valence-electron chi connectivity index (χ3n) is 12.3. The van der Waals surface area contributed by atoms with Crippen LogP contribution < -0.4 is 26.2 Å². The van der Waals surface area contributed by atoms with Gasteiger partial charge in [0.1, 0.15) is 17.0 Å². The second-order valence-corrected chi connectivity index (χ2v) is 19.4. The first-order valence-corrected chi connectivity index (χ1v) is 20.2. The van der Waals surface area contributed by atoms with Crippen LogP contribution in [0.5, 0.6) is 11.5 Å². The van der Waals surface area contributed by atoms with Gasteiger partial charge in [0.2, 0.25) is 0 Å². The Morgan fingerprint density at radius 3 is 1.84 bits per heavy atom. The minimum absolute atomic E-state index is 0.00316. The lowest BCUT2D eigenvalue weighted by atomic mass is 9.36. The molecule has 6 aromatic carbocycles. The fraction of sp³-hybridized carbons (Fsp3) is 0.269. The Kier molecular flexibility index (Phi) is 6.78. The highest BCUT2D eigenvalue weighted by Gasteiger charge is 2.46. The molecule has 0 aliphatic carbocycles. The smallest absolute Gasteiger partial charge is 0.301 e. The first-order chi connectivity index (χ1) is 28.2. The number of aromatic nitrogens is 1. The number of benzene rings is 6. The van der Waals surface area contributed by atoms with Crippen LogP contribution in [0.3, 0.4) is 0 Å². The molecule has 284 valence electrons. The molecule has 2 aliphatic heterocycles. The number of fused-ring (bicyclic) bond motifs is 9. The van der Waals surface area contributed by atoms with Gasteiger partial charge >= 0.3 is 6.71 Å². The SMILES string of the molecule is [2H]C([2H])([2H])c1ccc2c(c1)c1cc(C)ccc1n2-c1cc2c3c(c1)N(c1ccc(C(C)(C)C)cc1)c1ccc(C(C)(C)C)cc1B3c1oc3ccc(C(C)(C)C)cc3c1O2. The molecule has 0 spiro atoms. The van der Waals surface area contributed by atoms with E-state index in [9.17, 15) is 0 Å². The fourth-order valence-electron chi connectivity index (χ4n) is 9.07. The van der Waals surface area contributed by atoms with Crippen LogP contribution in [0.2, 0.25) is 0 Å². The molecule has 0 saturated heterocycles. The summed E-state index contributed by atoms with van der Waals surface area (Å²) in [4.78, 5) is 2.40. The van der Waals surface area contributed by atoms with Crippen LogP contribution in [-0.4, -0.2) is 11.3 Å². The van der Waals surface area contributed by atoms with E-state index in [1.807, 2.05) is 12.1 Å². The van der Waals surface area contributed by atoms with Crippen molar-refractivity contribution in [3.8, 4) is 17.2 Å². The second-order valence-electron chi connectivity index (χ2n) is 19.4. The van der Waals surface area contributed by atoms with Crippen LogP contribution in [0, 0.1) is 13.8 Å². The summed E-state index contributed by atoms with van der Waals surface area (Å²) in [6.45, 7) is 19.9. The quantitative estimate of drug-likeness (QED) is 0.165. The molecule has 8 aromatic rings. The van der Waals surface area contributed by atoms with E-state index in [1.54, 1.807) is 6.07 Å². The lowest BCUT2D eigenvalue weighted by Crippen LogP contribution is -2.59. The molecule has 0 atom stereocenters. The number of hydrogen-bond donors (Lipinski definition) is 0. The Labute approximate surface area is 341 Å². The van der Waals surface area contributed by atoms with E-state index in [-0.39, 0.29) is 23.0 Å². The predicted octanol–water partition coefficient (Wildman–Crippen LogP) is 12.4. The summed E-state index contributed by atoms with van der Waals surface area (Å²) in [6, 6.07) is 38.9. The van der Waals surface area contributed by atoms with Gasteiger partial charge in [0.25, 0.3) is 0 Å². The number of furan rings is 1. The highest BCUT2D eigenvalue weighted by atomic mass is 16.5. The van der Waals surface area contributed by atoms with Crippen molar-refractivity contribution in [2.24, 2.45) is 0 Å². The minimum Gasteiger partial charge on any atom is -0.466 e. The van der Waals surface area contributed by atoms with Gasteiger partial charge in [-0.25, -0.2) is 0 Å². The van der Waals surface area contributed by atoms with Crippen molar-refractivity contribution in [2.75, 3.05) is 4.90 Å². The number of anilines is 3. The van der Waals surface area contributed by atoms with Gasteiger partial charge < -0.3 is 18.6 Å². The van der Waals surface area contributed by atoms with Crippen molar-refractivity contribution >= 4 is 73.1 Å². The number of hydrogen-bond acceptors (Lipinski definition) is 3. The minimum atomic E-state index is -2.23. The summed E-state index contributed by atoms with van der Waals surface area (Å²) in [7, 11) is 0. The van der Waals surface area contributed by atoms with Crippen LogP contribution in [0.25, 0.3) is 38.5 Å². The Bertz CT molecular complexity index is 3080. The zero-order chi connectivity index (χ0) is 42.4. The Morgan fingerprint density at radius 2 is 1.18 bits per heavy atom. The maximum absolute atomic E-state index is 8.26. The highest BCUT2D eigenvalue weighted by molar-refractivity contribution is 6.98. The first kappa shape index (κ1) is 32.4. The first-order valence-electron chi connectivity index (χ1n) is 21.7. The molecule has 10 rings (SSSR count). The molecule has 0 saturated carbocycles. The van der Waals surface area contributed by atoms with Crippen molar-refractivity contribution < 1.29 is 13.3 Å². The summed E-state index contributed by atoms with van der Waals surface area (Å²) in [6.07, 6.45) is 0.